The molecule has 0 radical (unpaired) electrons. The summed E-state index contributed by atoms with van der Waals surface area (Å²) in [6, 6.07) is 11.1. The Morgan fingerprint density at radius 1 is 1.23 bits per heavy atom. The molecule has 31 heavy (non-hydrogen) atoms. The molecule has 0 aliphatic heterocycles. The van der Waals surface area contributed by atoms with Crippen LogP contribution >= 0.6 is 0 Å². The maximum Gasteiger partial charge on any atom is 0.252 e. The minimum Gasteiger partial charge on any atom is -0.497 e. The average molecular weight is 419 g/mol. The number of methoxy groups -OCH3 is 1. The number of aryl methyl sites for hydroxylation is 3. The van der Waals surface area contributed by atoms with Gasteiger partial charge in [-0.2, -0.15) is 10.2 Å². The van der Waals surface area contributed by atoms with Crippen molar-refractivity contribution in [2.75, 3.05) is 7.11 Å². The summed E-state index contributed by atoms with van der Waals surface area (Å²) in [4.78, 5) is 18.1. The topological polar surface area (TPSA) is 86.9 Å². The lowest BCUT2D eigenvalue weighted by Gasteiger charge is -2.14. The number of fused-ring (bicyclic) bond motifs is 1. The average Bonchev–Trinajstić information content (AvgIpc) is 3.38. The van der Waals surface area contributed by atoms with Crippen LogP contribution in [0.3, 0.4) is 0 Å². The standard InChI is InChI=1S/C23H26N6O2/c1-6-29-11-10-19(27-29)14(2)24-23(30)18-13-20(16-8-7-9-17(12-16)31-5)25-22-21(18)15(3)26-28(22)4/h7-14H,6H2,1-5H3,(H,24,30)/t14-/m0/s1. The Bertz CT molecular complexity index is 1260. The van der Waals surface area contributed by atoms with Gasteiger partial charge in [-0.25, -0.2) is 4.98 Å². The van der Waals surface area contributed by atoms with Gasteiger partial charge in [0.2, 0.25) is 0 Å². The summed E-state index contributed by atoms with van der Waals surface area (Å²) < 4.78 is 8.90. The highest BCUT2D eigenvalue weighted by Crippen LogP contribution is 2.29. The fraction of sp³-hybridized carbons (Fsp3) is 0.304. The van der Waals surface area contributed by atoms with Crippen LogP contribution in [0.4, 0.5) is 0 Å². The van der Waals surface area contributed by atoms with Crippen LogP contribution in [0.25, 0.3) is 22.3 Å². The quantitative estimate of drug-likeness (QED) is 0.516. The SMILES string of the molecule is CCn1ccc([C@H](C)NC(=O)c2cc(-c3cccc(OC)c3)nc3c2c(C)nn3C)n1. The van der Waals surface area contributed by atoms with E-state index in [0.717, 1.165) is 34.6 Å². The van der Waals surface area contributed by atoms with Crippen LogP contribution in [-0.2, 0) is 13.6 Å². The summed E-state index contributed by atoms with van der Waals surface area (Å²) in [6.45, 7) is 6.62. The largest absolute Gasteiger partial charge is 0.497 e. The second-order valence-corrected chi connectivity index (χ2v) is 7.49. The van der Waals surface area contributed by atoms with E-state index in [-0.39, 0.29) is 11.9 Å². The lowest BCUT2D eigenvalue weighted by Crippen LogP contribution is -2.27. The van der Waals surface area contributed by atoms with Gasteiger partial charge in [-0.1, -0.05) is 12.1 Å². The van der Waals surface area contributed by atoms with E-state index in [9.17, 15) is 4.79 Å². The Morgan fingerprint density at radius 3 is 2.74 bits per heavy atom. The van der Waals surface area contributed by atoms with Gasteiger partial charge in [-0.15, -0.1) is 0 Å². The Balaban J connectivity index is 1.77. The Labute approximate surface area is 180 Å². The van der Waals surface area contributed by atoms with Crippen LogP contribution in [0.15, 0.2) is 42.6 Å². The zero-order valence-electron chi connectivity index (χ0n) is 18.4. The van der Waals surface area contributed by atoms with E-state index in [1.807, 2.05) is 75.1 Å². The summed E-state index contributed by atoms with van der Waals surface area (Å²) >= 11 is 0. The molecule has 0 spiro atoms. The predicted octanol–water partition coefficient (Wildman–Crippen LogP) is 3.66. The van der Waals surface area contributed by atoms with Crippen LogP contribution in [-0.4, -0.2) is 37.6 Å². The number of ether oxygens (including phenoxy) is 1. The molecule has 0 unspecified atom stereocenters. The maximum atomic E-state index is 13.4. The lowest BCUT2D eigenvalue weighted by atomic mass is 10.0. The second kappa shape index (κ2) is 8.22. The highest BCUT2D eigenvalue weighted by molar-refractivity contribution is 6.07. The van der Waals surface area contributed by atoms with Crippen molar-refractivity contribution < 1.29 is 9.53 Å². The van der Waals surface area contributed by atoms with E-state index in [4.69, 9.17) is 9.72 Å². The molecule has 3 heterocycles. The van der Waals surface area contributed by atoms with Crippen molar-refractivity contribution in [3.05, 3.63) is 59.5 Å². The van der Waals surface area contributed by atoms with Gasteiger partial charge in [0.25, 0.3) is 5.91 Å². The number of benzene rings is 1. The zero-order chi connectivity index (χ0) is 22.1. The van der Waals surface area contributed by atoms with Crippen LogP contribution in [0.2, 0.25) is 0 Å². The van der Waals surface area contributed by atoms with Gasteiger partial charge in [0.05, 0.1) is 41.2 Å². The molecule has 0 aliphatic carbocycles. The molecule has 4 aromatic rings. The number of pyridine rings is 1. The summed E-state index contributed by atoms with van der Waals surface area (Å²) in [5.74, 6) is 0.540. The van der Waals surface area contributed by atoms with Gasteiger partial charge in [0.15, 0.2) is 5.65 Å². The molecule has 0 saturated carbocycles. The molecule has 1 aromatic carbocycles. The van der Waals surface area contributed by atoms with Crippen molar-refractivity contribution in [1.29, 1.82) is 0 Å². The molecular weight excluding hydrogens is 392 g/mol. The summed E-state index contributed by atoms with van der Waals surface area (Å²) in [5, 5.41) is 12.8. The first kappa shape index (κ1) is 20.6. The predicted molar refractivity (Wildman–Crippen MR) is 119 cm³/mol. The molecule has 8 nitrogen and oxygen atoms in total. The molecule has 160 valence electrons. The van der Waals surface area contributed by atoms with E-state index in [1.165, 1.54) is 0 Å². The second-order valence-electron chi connectivity index (χ2n) is 7.49. The molecule has 1 N–H and O–H groups in total. The number of amides is 1. The van der Waals surface area contributed by atoms with E-state index in [0.29, 0.717) is 16.9 Å². The van der Waals surface area contributed by atoms with Gasteiger partial charge in [0, 0.05) is 25.4 Å². The van der Waals surface area contributed by atoms with Crippen LogP contribution in [0.1, 0.15) is 41.6 Å². The number of rotatable bonds is 6. The zero-order valence-corrected chi connectivity index (χ0v) is 18.4. The van der Waals surface area contributed by atoms with Crippen molar-refractivity contribution in [2.24, 2.45) is 7.05 Å². The van der Waals surface area contributed by atoms with Gasteiger partial charge >= 0.3 is 0 Å². The molecule has 3 aromatic heterocycles. The normalized spacial score (nSPS) is 12.2. The van der Waals surface area contributed by atoms with E-state index in [1.54, 1.807) is 11.8 Å². The van der Waals surface area contributed by atoms with Gasteiger partial charge in [0.1, 0.15) is 5.75 Å². The minimum atomic E-state index is -0.235. The fourth-order valence-corrected chi connectivity index (χ4v) is 3.69. The molecule has 0 fully saturated rings. The maximum absolute atomic E-state index is 13.4. The van der Waals surface area contributed by atoms with Crippen LogP contribution < -0.4 is 10.1 Å². The third-order valence-corrected chi connectivity index (χ3v) is 5.36. The van der Waals surface area contributed by atoms with Crippen molar-refractivity contribution in [3.63, 3.8) is 0 Å². The molecule has 1 atom stereocenters. The van der Waals surface area contributed by atoms with E-state index < -0.39 is 0 Å². The van der Waals surface area contributed by atoms with Crippen molar-refractivity contribution in [2.45, 2.75) is 33.4 Å². The van der Waals surface area contributed by atoms with Crippen LogP contribution in [0, 0.1) is 6.92 Å². The molecule has 0 saturated heterocycles. The Hall–Kier alpha value is -3.68. The van der Waals surface area contributed by atoms with Gasteiger partial charge < -0.3 is 10.1 Å². The molecule has 0 bridgehead atoms. The fourth-order valence-electron chi connectivity index (χ4n) is 3.69. The first-order valence-corrected chi connectivity index (χ1v) is 10.2. The third-order valence-electron chi connectivity index (χ3n) is 5.36. The van der Waals surface area contributed by atoms with Crippen LogP contribution in [0.5, 0.6) is 5.75 Å². The summed E-state index contributed by atoms with van der Waals surface area (Å²) in [6.07, 6.45) is 1.91. The van der Waals surface area contributed by atoms with Crippen molar-refractivity contribution >= 4 is 16.9 Å². The smallest absolute Gasteiger partial charge is 0.252 e. The first-order chi connectivity index (χ1) is 14.9. The lowest BCUT2D eigenvalue weighted by molar-refractivity contribution is 0.0940. The molecule has 1 amide bonds. The third kappa shape index (κ3) is 3.88. The number of nitrogens with zero attached hydrogens (tertiary/aromatic N) is 5. The van der Waals surface area contributed by atoms with Gasteiger partial charge in [-0.05, 0) is 45.0 Å². The van der Waals surface area contributed by atoms with Crippen molar-refractivity contribution in [1.82, 2.24) is 29.9 Å². The molecule has 8 heteroatoms. The van der Waals surface area contributed by atoms with Gasteiger partial charge in [-0.3, -0.25) is 14.2 Å². The molecule has 4 rings (SSSR count). The Kier molecular flexibility index (Phi) is 5.46. The highest BCUT2D eigenvalue weighted by Gasteiger charge is 2.21. The Morgan fingerprint density at radius 2 is 2.03 bits per heavy atom. The van der Waals surface area contributed by atoms with E-state index >= 15 is 0 Å². The first-order valence-electron chi connectivity index (χ1n) is 10.2. The highest BCUT2D eigenvalue weighted by atomic mass is 16.5. The minimum absolute atomic E-state index is 0.189. The molecule has 0 aliphatic rings. The number of hydrogen-bond donors (Lipinski definition) is 1. The summed E-state index contributed by atoms with van der Waals surface area (Å²) in [7, 11) is 3.46. The van der Waals surface area contributed by atoms with Crippen molar-refractivity contribution in [3.8, 4) is 17.0 Å². The number of hydrogen-bond acceptors (Lipinski definition) is 5. The number of carbonyl (C=O) groups excluding carboxylic acids is 1. The summed E-state index contributed by atoms with van der Waals surface area (Å²) in [5.41, 5.74) is 4.32. The molecular formula is C23H26N6O2. The monoisotopic (exact) mass is 418 g/mol. The number of nitrogens with one attached hydrogen (secondary N) is 1. The number of carbonyl (C=O) groups is 1. The number of aromatic nitrogens is 5. The van der Waals surface area contributed by atoms with E-state index in [2.05, 4.69) is 15.5 Å².